The van der Waals surface area contributed by atoms with E-state index < -0.39 is 10.0 Å². The molecule has 1 aromatic carbocycles. The second-order valence-electron chi connectivity index (χ2n) is 3.92. The summed E-state index contributed by atoms with van der Waals surface area (Å²) in [7, 11) is -3.43. The molecule has 2 rings (SSSR count). The van der Waals surface area contributed by atoms with Crippen LogP contribution in [0.25, 0.3) is 0 Å². The molecule has 3 N–H and O–H groups in total. The van der Waals surface area contributed by atoms with Crippen molar-refractivity contribution in [3.63, 3.8) is 0 Å². The lowest BCUT2D eigenvalue weighted by Crippen LogP contribution is -2.19. The number of anilines is 2. The van der Waals surface area contributed by atoms with E-state index in [0.29, 0.717) is 11.4 Å². The number of nitrogens with zero attached hydrogens (tertiary/aromatic N) is 2. The van der Waals surface area contributed by atoms with E-state index in [4.69, 9.17) is 5.73 Å². The fourth-order valence-corrected chi connectivity index (χ4v) is 3.81. The second kappa shape index (κ2) is 6.58. The lowest BCUT2D eigenvalue weighted by Gasteiger charge is -2.07. The number of nitrogens with two attached hydrogens (primary N) is 1. The molecule has 20 heavy (non-hydrogen) atoms. The van der Waals surface area contributed by atoms with Gasteiger partial charge in [0.1, 0.15) is 0 Å². The zero-order chi connectivity index (χ0) is 14.4. The number of thioether (sulfide) groups is 1. The van der Waals surface area contributed by atoms with E-state index in [-0.39, 0.29) is 11.6 Å². The van der Waals surface area contributed by atoms with Gasteiger partial charge in [0.15, 0.2) is 5.82 Å². The Labute approximate surface area is 121 Å². The fraction of sp³-hybridized carbons (Fsp3) is 0.167. The van der Waals surface area contributed by atoms with Crippen LogP contribution in [0.1, 0.15) is 0 Å². The van der Waals surface area contributed by atoms with Gasteiger partial charge < -0.3 is 5.73 Å². The molecule has 0 aliphatic rings. The summed E-state index contributed by atoms with van der Waals surface area (Å²) >= 11 is 1.40. The highest BCUT2D eigenvalue weighted by atomic mass is 32.2. The summed E-state index contributed by atoms with van der Waals surface area (Å²) in [5.41, 5.74) is 6.44. The molecule has 2 aromatic rings. The van der Waals surface area contributed by atoms with Crippen molar-refractivity contribution in [2.45, 2.75) is 4.90 Å². The van der Waals surface area contributed by atoms with Gasteiger partial charge in [0.2, 0.25) is 10.0 Å². The first-order chi connectivity index (χ1) is 9.57. The summed E-state index contributed by atoms with van der Waals surface area (Å²) in [6, 6.07) is 10.5. The smallest absolute Gasteiger partial charge is 0.234 e. The first-order valence-corrected chi connectivity index (χ1v) is 8.46. The number of aromatic nitrogens is 2. The molecule has 1 aromatic heterocycles. The van der Waals surface area contributed by atoms with Gasteiger partial charge in [-0.3, -0.25) is 4.72 Å². The Morgan fingerprint density at radius 3 is 2.70 bits per heavy atom. The molecule has 106 valence electrons. The summed E-state index contributed by atoms with van der Waals surface area (Å²) in [4.78, 5) is 0.877. The van der Waals surface area contributed by atoms with E-state index in [0.717, 1.165) is 4.90 Å². The first-order valence-electron chi connectivity index (χ1n) is 5.82. The summed E-state index contributed by atoms with van der Waals surface area (Å²) in [6.45, 7) is 0. The standard InChI is InChI=1S/C12H14N4O2S2/c13-10-4-1-2-5-11(10)19-8-9-20(17,18)16-12-6-3-7-14-15-12/h1-7H,8-9,13H2,(H,15,16). The zero-order valence-electron chi connectivity index (χ0n) is 10.6. The number of rotatable bonds is 6. The molecule has 0 spiro atoms. The van der Waals surface area contributed by atoms with E-state index in [1.807, 2.05) is 18.2 Å². The highest BCUT2D eigenvalue weighted by Gasteiger charge is 2.11. The van der Waals surface area contributed by atoms with E-state index >= 15 is 0 Å². The highest BCUT2D eigenvalue weighted by molar-refractivity contribution is 8.01. The third kappa shape index (κ3) is 4.39. The predicted octanol–water partition coefficient (Wildman–Crippen LogP) is 1.59. The average molecular weight is 310 g/mol. The molecule has 0 amide bonds. The number of para-hydroxylation sites is 1. The minimum absolute atomic E-state index is 0.0252. The maximum atomic E-state index is 11.9. The number of hydrogen-bond acceptors (Lipinski definition) is 6. The van der Waals surface area contributed by atoms with Crippen molar-refractivity contribution < 1.29 is 8.42 Å². The molecular formula is C12H14N4O2S2. The number of nitrogens with one attached hydrogen (secondary N) is 1. The monoisotopic (exact) mass is 310 g/mol. The van der Waals surface area contributed by atoms with Crippen molar-refractivity contribution in [2.24, 2.45) is 0 Å². The summed E-state index contributed by atoms with van der Waals surface area (Å²) in [5.74, 6) is 0.601. The maximum absolute atomic E-state index is 11.9. The number of benzene rings is 1. The third-order valence-corrected chi connectivity index (χ3v) is 4.97. The van der Waals surface area contributed by atoms with Crippen LogP contribution < -0.4 is 10.5 Å². The Kier molecular flexibility index (Phi) is 4.80. The van der Waals surface area contributed by atoms with Gasteiger partial charge in [0, 0.05) is 22.5 Å². The van der Waals surface area contributed by atoms with Crippen molar-refractivity contribution in [3.8, 4) is 0 Å². The van der Waals surface area contributed by atoms with Crippen LogP contribution in [0.2, 0.25) is 0 Å². The Balaban J connectivity index is 1.89. The Morgan fingerprint density at radius 2 is 2.00 bits per heavy atom. The average Bonchev–Trinajstić information content (AvgIpc) is 2.41. The molecule has 0 aliphatic heterocycles. The SMILES string of the molecule is Nc1ccccc1SCCS(=O)(=O)Nc1cccnn1. The molecule has 0 fully saturated rings. The molecule has 8 heteroatoms. The quantitative estimate of drug-likeness (QED) is 0.621. The molecule has 1 heterocycles. The van der Waals surface area contributed by atoms with E-state index in [9.17, 15) is 8.42 Å². The molecular weight excluding hydrogens is 296 g/mol. The lowest BCUT2D eigenvalue weighted by molar-refractivity contribution is 0.602. The maximum Gasteiger partial charge on any atom is 0.234 e. The van der Waals surface area contributed by atoms with Gasteiger partial charge in [-0.05, 0) is 24.3 Å². The molecule has 0 bridgehead atoms. The van der Waals surface area contributed by atoms with Crippen LogP contribution in [0.3, 0.4) is 0 Å². The van der Waals surface area contributed by atoms with Crippen LogP contribution in [-0.4, -0.2) is 30.1 Å². The normalized spacial score (nSPS) is 11.2. The Bertz CT molecular complexity index is 662. The lowest BCUT2D eigenvalue weighted by atomic mass is 10.3. The van der Waals surface area contributed by atoms with E-state index in [2.05, 4.69) is 14.9 Å². The largest absolute Gasteiger partial charge is 0.398 e. The highest BCUT2D eigenvalue weighted by Crippen LogP contribution is 2.24. The zero-order valence-corrected chi connectivity index (χ0v) is 12.2. The summed E-state index contributed by atoms with van der Waals surface area (Å²) in [5, 5.41) is 7.29. The van der Waals surface area contributed by atoms with Crippen molar-refractivity contribution >= 4 is 33.3 Å². The van der Waals surface area contributed by atoms with Crippen LogP contribution >= 0.6 is 11.8 Å². The van der Waals surface area contributed by atoms with Crippen LogP contribution in [0.15, 0.2) is 47.5 Å². The first kappa shape index (κ1) is 14.6. The van der Waals surface area contributed by atoms with Gasteiger partial charge in [0.25, 0.3) is 0 Å². The minimum Gasteiger partial charge on any atom is -0.398 e. The van der Waals surface area contributed by atoms with Crippen LogP contribution in [0, 0.1) is 0 Å². The van der Waals surface area contributed by atoms with Crippen LogP contribution in [0.5, 0.6) is 0 Å². The van der Waals surface area contributed by atoms with Gasteiger partial charge in [-0.1, -0.05) is 12.1 Å². The van der Waals surface area contributed by atoms with E-state index in [1.54, 1.807) is 18.2 Å². The minimum atomic E-state index is -3.43. The molecule has 6 nitrogen and oxygen atoms in total. The van der Waals surface area contributed by atoms with Gasteiger partial charge in [0.05, 0.1) is 5.75 Å². The van der Waals surface area contributed by atoms with Gasteiger partial charge in [-0.2, -0.15) is 5.10 Å². The summed E-state index contributed by atoms with van der Waals surface area (Å²) in [6.07, 6.45) is 1.48. The predicted molar refractivity (Wildman–Crippen MR) is 81.0 cm³/mol. The Morgan fingerprint density at radius 1 is 1.20 bits per heavy atom. The third-order valence-electron chi connectivity index (χ3n) is 2.36. The summed E-state index contributed by atoms with van der Waals surface area (Å²) < 4.78 is 26.1. The number of sulfonamides is 1. The molecule has 0 saturated carbocycles. The number of nitrogen functional groups attached to an aromatic ring is 1. The van der Waals surface area contributed by atoms with Gasteiger partial charge in [-0.15, -0.1) is 16.9 Å². The Hall–Kier alpha value is -1.80. The molecule has 0 unspecified atom stereocenters. The van der Waals surface area contributed by atoms with E-state index in [1.165, 1.54) is 18.0 Å². The molecule has 0 radical (unpaired) electrons. The van der Waals surface area contributed by atoms with Gasteiger partial charge in [-0.25, -0.2) is 8.42 Å². The molecule has 0 saturated heterocycles. The second-order valence-corrected chi connectivity index (χ2v) is 6.89. The number of hydrogen-bond donors (Lipinski definition) is 2. The van der Waals surface area contributed by atoms with Crippen molar-refractivity contribution in [3.05, 3.63) is 42.6 Å². The van der Waals surface area contributed by atoms with Crippen molar-refractivity contribution in [1.82, 2.24) is 10.2 Å². The topological polar surface area (TPSA) is 98.0 Å². The fourth-order valence-electron chi connectivity index (χ4n) is 1.44. The van der Waals surface area contributed by atoms with Crippen LogP contribution in [-0.2, 0) is 10.0 Å². The van der Waals surface area contributed by atoms with Crippen molar-refractivity contribution in [1.29, 1.82) is 0 Å². The van der Waals surface area contributed by atoms with Gasteiger partial charge >= 0.3 is 0 Å². The van der Waals surface area contributed by atoms with Crippen LogP contribution in [0.4, 0.5) is 11.5 Å². The molecule has 0 atom stereocenters. The van der Waals surface area contributed by atoms with Crippen molar-refractivity contribution in [2.75, 3.05) is 22.0 Å². The molecule has 0 aliphatic carbocycles.